The maximum atomic E-state index is 13.3. The van der Waals surface area contributed by atoms with Crippen LogP contribution in [0.3, 0.4) is 0 Å². The van der Waals surface area contributed by atoms with Crippen molar-refractivity contribution < 1.29 is 19.0 Å². The van der Waals surface area contributed by atoms with Gasteiger partial charge in [-0.15, -0.1) is 0 Å². The van der Waals surface area contributed by atoms with E-state index in [2.05, 4.69) is 20.6 Å². The highest BCUT2D eigenvalue weighted by atomic mass is 32.1. The highest BCUT2D eigenvalue weighted by Crippen LogP contribution is 2.35. The van der Waals surface area contributed by atoms with Crippen molar-refractivity contribution in [1.29, 1.82) is 0 Å². The molecule has 0 unspecified atom stereocenters. The Kier molecular flexibility index (Phi) is 5.91. The van der Waals surface area contributed by atoms with Crippen LogP contribution >= 0.6 is 11.3 Å². The summed E-state index contributed by atoms with van der Waals surface area (Å²) in [6.07, 6.45) is 1.40. The molecule has 4 heterocycles. The number of nitrogens with zero attached hydrogens (tertiary/aromatic N) is 5. The average Bonchev–Trinajstić information content (AvgIpc) is 3.57. The van der Waals surface area contributed by atoms with Gasteiger partial charge in [-0.25, -0.2) is 4.63 Å². The number of thiophene rings is 1. The molecule has 1 saturated heterocycles. The van der Waals surface area contributed by atoms with E-state index in [4.69, 9.17) is 4.63 Å². The number of hydrogen-bond donors (Lipinski definition) is 0. The number of amides is 3. The fourth-order valence-electron chi connectivity index (χ4n) is 4.68. The van der Waals surface area contributed by atoms with Crippen molar-refractivity contribution in [2.45, 2.75) is 32.9 Å². The molecule has 0 N–H and O–H groups in total. The molecule has 0 saturated carbocycles. The summed E-state index contributed by atoms with van der Waals surface area (Å²) in [7, 11) is 1.85. The molecule has 9 nitrogen and oxygen atoms in total. The van der Waals surface area contributed by atoms with E-state index >= 15 is 0 Å². The normalized spacial score (nSPS) is 16.3. The summed E-state index contributed by atoms with van der Waals surface area (Å²) in [6.45, 7) is 3.65. The van der Waals surface area contributed by atoms with Crippen LogP contribution in [-0.4, -0.2) is 58.0 Å². The summed E-state index contributed by atoms with van der Waals surface area (Å²) in [5.74, 6) is -0.581. The van der Waals surface area contributed by atoms with Crippen LogP contribution < -0.4 is 4.90 Å². The van der Waals surface area contributed by atoms with Crippen molar-refractivity contribution >= 4 is 34.7 Å². The van der Waals surface area contributed by atoms with Crippen molar-refractivity contribution in [3.05, 3.63) is 63.1 Å². The number of anilines is 1. The second kappa shape index (κ2) is 9.02. The Balaban J connectivity index is 1.28. The number of carbonyl (C=O) groups excluding carboxylic acids is 3. The maximum absolute atomic E-state index is 13.3. The lowest BCUT2D eigenvalue weighted by Gasteiger charge is -2.35. The van der Waals surface area contributed by atoms with Crippen LogP contribution in [0, 0.1) is 12.8 Å². The number of fused-ring (bicyclic) bond motifs is 1. The number of aromatic nitrogens is 2. The van der Waals surface area contributed by atoms with Gasteiger partial charge in [0.1, 0.15) is 11.4 Å². The zero-order valence-corrected chi connectivity index (χ0v) is 19.9. The number of aryl methyl sites for hydroxylation is 1. The molecule has 2 aliphatic heterocycles. The lowest BCUT2D eigenvalue weighted by molar-refractivity contribution is -0.135. The number of hydrogen-bond acceptors (Lipinski definition) is 8. The van der Waals surface area contributed by atoms with E-state index in [1.165, 1.54) is 4.90 Å². The molecule has 1 fully saturated rings. The van der Waals surface area contributed by atoms with Crippen LogP contribution in [0.15, 0.2) is 39.7 Å². The number of imide groups is 1. The number of benzene rings is 1. The SMILES string of the molecule is Cc1nonc1CN1C(=O)c2cccc(N3CCC(C(=O)N(C)Cc4ccsc4)CC3)c2C1=O. The van der Waals surface area contributed by atoms with Gasteiger partial charge < -0.3 is 9.80 Å². The molecule has 0 atom stereocenters. The first-order chi connectivity index (χ1) is 16.4. The number of piperidine rings is 1. The molecule has 10 heteroatoms. The predicted molar refractivity (Wildman–Crippen MR) is 125 cm³/mol. The molecule has 3 aromatic rings. The summed E-state index contributed by atoms with van der Waals surface area (Å²) >= 11 is 1.63. The maximum Gasteiger partial charge on any atom is 0.264 e. The minimum absolute atomic E-state index is 0.0220. The second-order valence-electron chi connectivity index (χ2n) is 8.78. The highest BCUT2D eigenvalue weighted by Gasteiger charge is 2.40. The lowest BCUT2D eigenvalue weighted by atomic mass is 9.94. The minimum Gasteiger partial charge on any atom is -0.371 e. The predicted octanol–water partition coefficient (Wildman–Crippen LogP) is 3.11. The molecule has 34 heavy (non-hydrogen) atoms. The van der Waals surface area contributed by atoms with Crippen molar-refractivity contribution in [3.8, 4) is 0 Å². The largest absolute Gasteiger partial charge is 0.371 e. The minimum atomic E-state index is -0.343. The topological polar surface area (TPSA) is 99.8 Å². The molecule has 2 aromatic heterocycles. The van der Waals surface area contributed by atoms with E-state index in [-0.39, 0.29) is 30.2 Å². The van der Waals surface area contributed by atoms with Gasteiger partial charge >= 0.3 is 0 Å². The van der Waals surface area contributed by atoms with Crippen LogP contribution in [-0.2, 0) is 17.9 Å². The monoisotopic (exact) mass is 479 g/mol. The van der Waals surface area contributed by atoms with Crippen LogP contribution in [0.2, 0.25) is 0 Å². The third kappa shape index (κ3) is 3.98. The molecular formula is C24H25N5O4S. The Labute approximate surface area is 200 Å². The first-order valence-electron chi connectivity index (χ1n) is 11.2. The van der Waals surface area contributed by atoms with E-state index in [0.717, 1.165) is 11.3 Å². The van der Waals surface area contributed by atoms with Gasteiger partial charge in [0, 0.05) is 32.6 Å². The van der Waals surface area contributed by atoms with Crippen LogP contribution in [0.25, 0.3) is 0 Å². The molecule has 2 aliphatic rings. The summed E-state index contributed by atoms with van der Waals surface area (Å²) in [6, 6.07) is 7.40. The summed E-state index contributed by atoms with van der Waals surface area (Å²) in [5.41, 5.74) is 3.70. The molecule has 0 aliphatic carbocycles. The number of rotatable bonds is 6. The van der Waals surface area contributed by atoms with Gasteiger partial charge in [0.2, 0.25) is 5.91 Å². The van der Waals surface area contributed by atoms with Crippen LogP contribution in [0.5, 0.6) is 0 Å². The van der Waals surface area contributed by atoms with Gasteiger partial charge in [-0.05, 0) is 54.3 Å². The van der Waals surface area contributed by atoms with E-state index in [1.807, 2.05) is 24.6 Å². The zero-order chi connectivity index (χ0) is 23.8. The van der Waals surface area contributed by atoms with Gasteiger partial charge in [-0.2, -0.15) is 11.3 Å². The molecule has 5 rings (SSSR count). The first-order valence-corrected chi connectivity index (χ1v) is 12.2. The first kappa shape index (κ1) is 22.3. The fraction of sp³-hybridized carbons (Fsp3) is 0.375. The van der Waals surface area contributed by atoms with Gasteiger partial charge in [0.15, 0.2) is 0 Å². The molecule has 0 radical (unpaired) electrons. The zero-order valence-electron chi connectivity index (χ0n) is 19.1. The highest BCUT2D eigenvalue weighted by molar-refractivity contribution is 7.07. The Hall–Kier alpha value is -3.53. The summed E-state index contributed by atoms with van der Waals surface area (Å²) < 4.78 is 4.71. The Morgan fingerprint density at radius 1 is 1.18 bits per heavy atom. The fourth-order valence-corrected chi connectivity index (χ4v) is 5.34. The van der Waals surface area contributed by atoms with E-state index in [0.29, 0.717) is 55.0 Å². The average molecular weight is 480 g/mol. The molecule has 3 amide bonds. The second-order valence-corrected chi connectivity index (χ2v) is 9.56. The van der Waals surface area contributed by atoms with E-state index < -0.39 is 0 Å². The van der Waals surface area contributed by atoms with E-state index in [1.54, 1.807) is 35.3 Å². The third-order valence-corrected chi connectivity index (χ3v) is 7.32. The molecule has 0 spiro atoms. The third-order valence-electron chi connectivity index (χ3n) is 6.59. The van der Waals surface area contributed by atoms with Crippen molar-refractivity contribution in [1.82, 2.24) is 20.1 Å². The van der Waals surface area contributed by atoms with Crippen molar-refractivity contribution in [3.63, 3.8) is 0 Å². The van der Waals surface area contributed by atoms with Crippen molar-refractivity contribution in [2.75, 3.05) is 25.0 Å². The Bertz CT molecular complexity index is 1230. The van der Waals surface area contributed by atoms with E-state index in [9.17, 15) is 14.4 Å². The van der Waals surface area contributed by atoms with Crippen LogP contribution in [0.4, 0.5) is 5.69 Å². The molecule has 1 aromatic carbocycles. The quantitative estimate of drug-likeness (QED) is 0.501. The summed E-state index contributed by atoms with van der Waals surface area (Å²) in [5, 5.41) is 11.6. The summed E-state index contributed by atoms with van der Waals surface area (Å²) in [4.78, 5) is 44.3. The van der Waals surface area contributed by atoms with Gasteiger partial charge in [-0.3, -0.25) is 19.3 Å². The Morgan fingerprint density at radius 2 is 1.97 bits per heavy atom. The van der Waals surface area contributed by atoms with Crippen molar-refractivity contribution in [2.24, 2.45) is 5.92 Å². The smallest absolute Gasteiger partial charge is 0.264 e. The Morgan fingerprint density at radius 3 is 2.65 bits per heavy atom. The standard InChI is InChI=1S/C24H25N5O4S/c1-15-19(26-33-25-15)13-29-23(31)18-4-3-5-20(21(18)24(29)32)28-9-6-17(7-10-28)22(30)27(2)12-16-8-11-34-14-16/h3-5,8,11,14,17H,6-7,9-10,12-13H2,1-2H3. The van der Waals surface area contributed by atoms with Gasteiger partial charge in [0.25, 0.3) is 11.8 Å². The molecular weight excluding hydrogens is 454 g/mol. The molecule has 176 valence electrons. The van der Waals surface area contributed by atoms with Gasteiger partial charge in [-0.1, -0.05) is 16.4 Å². The number of carbonyl (C=O) groups is 3. The molecule has 0 bridgehead atoms. The van der Waals surface area contributed by atoms with Gasteiger partial charge in [0.05, 0.1) is 23.4 Å². The lowest BCUT2D eigenvalue weighted by Crippen LogP contribution is -2.41. The van der Waals surface area contributed by atoms with Crippen LogP contribution in [0.1, 0.15) is 50.5 Å².